The average molecular weight is 526 g/mol. The predicted octanol–water partition coefficient (Wildman–Crippen LogP) is 4.19. The molecule has 1 unspecified atom stereocenters. The number of benzene rings is 4. The Hall–Kier alpha value is -4.66. The molecule has 4 rings (SSSR count). The van der Waals surface area contributed by atoms with E-state index in [2.05, 4.69) is 10.5 Å². The SMILES string of the molecule is NC(CO)C(=O)NN=Cc1ccc(OCc2ccccc2)c(OCc2ccccc2)c1OCc1ccccc1. The normalized spacial score (nSPS) is 11.6. The van der Waals surface area contributed by atoms with E-state index in [1.54, 1.807) is 12.1 Å². The molecule has 0 spiro atoms. The van der Waals surface area contributed by atoms with E-state index in [0.717, 1.165) is 16.7 Å². The van der Waals surface area contributed by atoms with Gasteiger partial charge >= 0.3 is 0 Å². The lowest BCUT2D eigenvalue weighted by Crippen LogP contribution is -2.40. The van der Waals surface area contributed by atoms with Gasteiger partial charge in [-0.05, 0) is 28.8 Å². The molecule has 0 aromatic heterocycles. The number of aliphatic hydroxyl groups is 1. The summed E-state index contributed by atoms with van der Waals surface area (Å²) in [6, 6.07) is 31.8. The second-order valence-corrected chi connectivity index (χ2v) is 8.66. The van der Waals surface area contributed by atoms with Crippen LogP contribution in [0.15, 0.2) is 108 Å². The van der Waals surface area contributed by atoms with Crippen LogP contribution in [-0.4, -0.2) is 29.9 Å². The predicted molar refractivity (Wildman–Crippen MR) is 150 cm³/mol. The Kier molecular flexibility index (Phi) is 10.1. The van der Waals surface area contributed by atoms with Crippen molar-refractivity contribution in [3.05, 3.63) is 125 Å². The Labute approximate surface area is 227 Å². The van der Waals surface area contributed by atoms with E-state index in [-0.39, 0.29) is 13.2 Å². The molecule has 0 aliphatic carbocycles. The monoisotopic (exact) mass is 525 g/mol. The highest BCUT2D eigenvalue weighted by molar-refractivity contribution is 5.88. The van der Waals surface area contributed by atoms with Gasteiger partial charge in [0.15, 0.2) is 11.5 Å². The maximum atomic E-state index is 12.0. The molecule has 0 radical (unpaired) electrons. The maximum absolute atomic E-state index is 12.0. The molecule has 4 aromatic rings. The smallest absolute Gasteiger partial charge is 0.259 e. The first-order chi connectivity index (χ1) is 19.1. The second kappa shape index (κ2) is 14.3. The third-order valence-electron chi connectivity index (χ3n) is 5.71. The van der Waals surface area contributed by atoms with E-state index < -0.39 is 18.6 Å². The van der Waals surface area contributed by atoms with Gasteiger partial charge in [0.25, 0.3) is 5.91 Å². The minimum Gasteiger partial charge on any atom is -0.485 e. The Morgan fingerprint density at radius 3 is 1.74 bits per heavy atom. The van der Waals surface area contributed by atoms with Crippen LogP contribution in [0.5, 0.6) is 17.2 Å². The Morgan fingerprint density at radius 2 is 1.23 bits per heavy atom. The summed E-state index contributed by atoms with van der Waals surface area (Å²) >= 11 is 0. The van der Waals surface area contributed by atoms with Crippen molar-refractivity contribution >= 4 is 12.1 Å². The highest BCUT2D eigenvalue weighted by Crippen LogP contribution is 2.41. The van der Waals surface area contributed by atoms with Crippen LogP contribution in [0.4, 0.5) is 0 Å². The van der Waals surface area contributed by atoms with Crippen molar-refractivity contribution in [3.8, 4) is 17.2 Å². The molecule has 8 nitrogen and oxygen atoms in total. The first kappa shape index (κ1) is 27.4. The molecule has 0 fully saturated rings. The molecule has 1 amide bonds. The molecule has 0 saturated heterocycles. The van der Waals surface area contributed by atoms with E-state index in [0.29, 0.717) is 29.4 Å². The molecule has 0 aliphatic rings. The minimum atomic E-state index is -1.07. The lowest BCUT2D eigenvalue weighted by Gasteiger charge is -2.19. The first-order valence-corrected chi connectivity index (χ1v) is 12.5. The zero-order valence-electron chi connectivity index (χ0n) is 21.4. The molecule has 0 aliphatic heterocycles. The molecule has 0 bridgehead atoms. The summed E-state index contributed by atoms with van der Waals surface area (Å²) in [5.41, 5.74) is 11.4. The lowest BCUT2D eigenvalue weighted by molar-refractivity contribution is -0.123. The van der Waals surface area contributed by atoms with Gasteiger partial charge in [0.2, 0.25) is 5.75 Å². The van der Waals surface area contributed by atoms with Gasteiger partial charge in [-0.25, -0.2) is 5.43 Å². The zero-order valence-corrected chi connectivity index (χ0v) is 21.4. The zero-order chi connectivity index (χ0) is 27.3. The summed E-state index contributed by atoms with van der Waals surface area (Å²) in [7, 11) is 0. The number of carbonyl (C=O) groups excluding carboxylic acids is 1. The van der Waals surface area contributed by atoms with Gasteiger partial charge in [0.05, 0.1) is 12.8 Å². The van der Waals surface area contributed by atoms with Crippen molar-refractivity contribution in [2.45, 2.75) is 25.9 Å². The fourth-order valence-electron chi connectivity index (χ4n) is 3.59. The van der Waals surface area contributed by atoms with Gasteiger partial charge in [0, 0.05) is 5.56 Å². The average Bonchev–Trinajstić information content (AvgIpc) is 2.99. The van der Waals surface area contributed by atoms with E-state index >= 15 is 0 Å². The number of hydrogen-bond acceptors (Lipinski definition) is 7. The highest BCUT2D eigenvalue weighted by atomic mass is 16.5. The van der Waals surface area contributed by atoms with Gasteiger partial charge in [-0.15, -0.1) is 0 Å². The van der Waals surface area contributed by atoms with Crippen LogP contribution < -0.4 is 25.4 Å². The number of rotatable bonds is 13. The Morgan fingerprint density at radius 1 is 0.744 bits per heavy atom. The van der Waals surface area contributed by atoms with Crippen LogP contribution in [0.1, 0.15) is 22.3 Å². The van der Waals surface area contributed by atoms with Crippen LogP contribution in [0.25, 0.3) is 0 Å². The van der Waals surface area contributed by atoms with Gasteiger partial charge in [0.1, 0.15) is 25.9 Å². The third kappa shape index (κ3) is 8.16. The minimum absolute atomic E-state index is 0.271. The van der Waals surface area contributed by atoms with E-state index in [1.165, 1.54) is 6.21 Å². The Bertz CT molecular complexity index is 1350. The molecule has 0 saturated carbocycles. The molecule has 200 valence electrons. The summed E-state index contributed by atoms with van der Waals surface area (Å²) in [4.78, 5) is 12.0. The van der Waals surface area contributed by atoms with Gasteiger partial charge in [-0.1, -0.05) is 91.0 Å². The fourth-order valence-corrected chi connectivity index (χ4v) is 3.59. The number of carbonyl (C=O) groups is 1. The number of amides is 1. The molecule has 0 heterocycles. The third-order valence-corrected chi connectivity index (χ3v) is 5.71. The van der Waals surface area contributed by atoms with E-state index in [4.69, 9.17) is 25.1 Å². The standard InChI is InChI=1S/C31H31N3O5/c32-27(19-35)31(36)34-33-18-26-16-17-28(37-20-23-10-4-1-5-11-23)30(39-22-25-14-8-3-9-15-25)29(26)38-21-24-12-6-2-7-13-24/h1-18,27,35H,19-22,32H2,(H,34,36). The summed E-state index contributed by atoms with van der Waals surface area (Å²) in [6.07, 6.45) is 1.44. The molecule has 1 atom stereocenters. The van der Waals surface area contributed by atoms with Crippen LogP contribution in [0.3, 0.4) is 0 Å². The molecule has 39 heavy (non-hydrogen) atoms. The molecule has 8 heteroatoms. The van der Waals surface area contributed by atoms with Gasteiger partial charge in [-0.2, -0.15) is 5.10 Å². The van der Waals surface area contributed by atoms with Crippen molar-refractivity contribution in [2.24, 2.45) is 10.8 Å². The van der Waals surface area contributed by atoms with Crippen molar-refractivity contribution in [2.75, 3.05) is 6.61 Å². The van der Waals surface area contributed by atoms with E-state index in [9.17, 15) is 4.79 Å². The summed E-state index contributed by atoms with van der Waals surface area (Å²) in [5, 5.41) is 13.1. The van der Waals surface area contributed by atoms with E-state index in [1.807, 2.05) is 91.0 Å². The quantitative estimate of drug-likeness (QED) is 0.178. The molecular weight excluding hydrogens is 494 g/mol. The number of aliphatic hydroxyl groups excluding tert-OH is 1. The summed E-state index contributed by atoms with van der Waals surface area (Å²) in [6.45, 7) is 0.404. The Balaban J connectivity index is 1.67. The van der Waals surface area contributed by atoms with Crippen LogP contribution in [0, 0.1) is 0 Å². The van der Waals surface area contributed by atoms with Crippen LogP contribution in [0.2, 0.25) is 0 Å². The molecule has 4 N–H and O–H groups in total. The molecule has 4 aromatic carbocycles. The van der Waals surface area contributed by atoms with Gasteiger partial charge < -0.3 is 25.1 Å². The molecular formula is C31H31N3O5. The first-order valence-electron chi connectivity index (χ1n) is 12.5. The topological polar surface area (TPSA) is 115 Å². The maximum Gasteiger partial charge on any atom is 0.259 e. The van der Waals surface area contributed by atoms with Crippen molar-refractivity contribution in [1.29, 1.82) is 0 Å². The fraction of sp³-hybridized carbons (Fsp3) is 0.161. The number of hydrazone groups is 1. The van der Waals surface area contributed by atoms with Gasteiger partial charge in [-0.3, -0.25) is 4.79 Å². The number of nitrogens with two attached hydrogens (primary N) is 1. The van der Waals surface area contributed by atoms with Crippen molar-refractivity contribution in [3.63, 3.8) is 0 Å². The summed E-state index contributed by atoms with van der Waals surface area (Å²) < 4.78 is 18.8. The van der Waals surface area contributed by atoms with Crippen LogP contribution >= 0.6 is 0 Å². The number of hydrogen-bond donors (Lipinski definition) is 3. The lowest BCUT2D eigenvalue weighted by atomic mass is 10.1. The van der Waals surface area contributed by atoms with Crippen molar-refractivity contribution < 1.29 is 24.1 Å². The highest BCUT2D eigenvalue weighted by Gasteiger charge is 2.19. The van der Waals surface area contributed by atoms with Crippen molar-refractivity contribution in [1.82, 2.24) is 5.43 Å². The van der Waals surface area contributed by atoms with Crippen LogP contribution in [-0.2, 0) is 24.6 Å². The number of nitrogens with zero attached hydrogens (tertiary/aromatic N) is 1. The second-order valence-electron chi connectivity index (χ2n) is 8.66. The largest absolute Gasteiger partial charge is 0.485 e. The summed E-state index contributed by atoms with van der Waals surface area (Å²) in [5.74, 6) is 0.711. The number of ether oxygens (including phenoxy) is 3. The number of nitrogens with one attached hydrogen (secondary N) is 1.